The molecule has 2 aromatic rings. The first kappa shape index (κ1) is 13.0. The fraction of sp³-hybridized carbons (Fsp3) is 0.0769. The van der Waals surface area contributed by atoms with Crippen molar-refractivity contribution in [1.29, 1.82) is 0 Å². The Morgan fingerprint density at radius 2 is 1.94 bits per heavy atom. The van der Waals surface area contributed by atoms with E-state index in [1.165, 1.54) is 10.8 Å². The van der Waals surface area contributed by atoms with E-state index in [2.05, 4.69) is 16.6 Å². The monoisotopic (exact) mass is 277 g/mol. The highest BCUT2D eigenvalue weighted by molar-refractivity contribution is 8.68. The summed E-state index contributed by atoms with van der Waals surface area (Å²) in [5.74, 6) is -1.68. The molecule has 1 unspecified atom stereocenters. The number of aliphatic carboxylic acids is 1. The molecule has 2 rings (SSSR count). The molecule has 18 heavy (non-hydrogen) atoms. The molecule has 1 aromatic heterocycles. The van der Waals surface area contributed by atoms with Gasteiger partial charge in [0.05, 0.1) is 5.69 Å². The molecule has 1 N–H and O–H groups in total. The Labute approximate surface area is 114 Å². The van der Waals surface area contributed by atoms with Gasteiger partial charge < -0.3 is 5.11 Å². The lowest BCUT2D eigenvalue weighted by Crippen LogP contribution is -2.15. The summed E-state index contributed by atoms with van der Waals surface area (Å²) in [7, 11) is 1.24. The van der Waals surface area contributed by atoms with Crippen LogP contribution in [-0.2, 0) is 4.79 Å². The van der Waals surface area contributed by atoms with Crippen LogP contribution in [0.1, 0.15) is 17.2 Å². The largest absolute Gasteiger partial charge is 0.480 e. The number of carboxylic acid groups (broad SMARTS) is 1. The number of carboxylic acids is 1. The summed E-state index contributed by atoms with van der Waals surface area (Å²) in [6, 6.07) is 12.6. The van der Waals surface area contributed by atoms with Gasteiger partial charge in [-0.05, 0) is 23.8 Å². The lowest BCUT2D eigenvalue weighted by molar-refractivity contribution is -0.137. The third-order valence-electron chi connectivity index (χ3n) is 2.56. The van der Waals surface area contributed by atoms with Gasteiger partial charge in [0.2, 0.25) is 0 Å². The Balaban J connectivity index is 2.52. The lowest BCUT2D eigenvalue weighted by atomic mass is 9.95. The SMILES string of the molecule is O=C(O)C(c1ccccn1)c1ccccc1SS. The molecule has 3 nitrogen and oxygen atoms in total. The lowest BCUT2D eigenvalue weighted by Gasteiger charge is -2.14. The van der Waals surface area contributed by atoms with E-state index in [1.54, 1.807) is 30.5 Å². The van der Waals surface area contributed by atoms with Gasteiger partial charge in [-0.2, -0.15) is 0 Å². The smallest absolute Gasteiger partial charge is 0.317 e. The van der Waals surface area contributed by atoms with Crippen molar-refractivity contribution in [2.75, 3.05) is 0 Å². The van der Waals surface area contributed by atoms with Gasteiger partial charge in [-0.25, -0.2) is 0 Å². The van der Waals surface area contributed by atoms with E-state index in [0.717, 1.165) is 4.90 Å². The molecular weight excluding hydrogens is 266 g/mol. The Kier molecular flexibility index (Phi) is 4.28. The van der Waals surface area contributed by atoms with Crippen molar-refractivity contribution < 1.29 is 9.90 Å². The molecule has 0 aliphatic rings. The van der Waals surface area contributed by atoms with Crippen molar-refractivity contribution in [2.24, 2.45) is 0 Å². The Hall–Kier alpha value is -1.46. The van der Waals surface area contributed by atoms with E-state index in [9.17, 15) is 9.90 Å². The van der Waals surface area contributed by atoms with E-state index in [4.69, 9.17) is 0 Å². The molecule has 0 aliphatic carbocycles. The molecule has 0 aliphatic heterocycles. The Morgan fingerprint density at radius 3 is 2.56 bits per heavy atom. The van der Waals surface area contributed by atoms with E-state index in [-0.39, 0.29) is 0 Å². The zero-order valence-electron chi connectivity index (χ0n) is 9.35. The maximum atomic E-state index is 11.5. The quantitative estimate of drug-likeness (QED) is 0.665. The van der Waals surface area contributed by atoms with Crippen LogP contribution < -0.4 is 0 Å². The van der Waals surface area contributed by atoms with Gasteiger partial charge in [0.25, 0.3) is 0 Å². The molecule has 0 spiro atoms. The maximum absolute atomic E-state index is 11.5. The molecule has 0 saturated carbocycles. The molecule has 1 atom stereocenters. The van der Waals surface area contributed by atoms with Crippen LogP contribution in [-0.4, -0.2) is 16.1 Å². The van der Waals surface area contributed by atoms with Crippen LogP contribution in [0, 0.1) is 0 Å². The minimum atomic E-state index is -0.913. The van der Waals surface area contributed by atoms with Crippen LogP contribution in [0.4, 0.5) is 0 Å². The Bertz CT molecular complexity index is 546. The molecule has 1 heterocycles. The van der Waals surface area contributed by atoms with Crippen molar-refractivity contribution in [3.8, 4) is 0 Å². The third-order valence-corrected chi connectivity index (χ3v) is 3.72. The summed E-state index contributed by atoms with van der Waals surface area (Å²) in [5.41, 5.74) is 1.24. The average molecular weight is 277 g/mol. The number of nitrogens with zero attached hydrogens (tertiary/aromatic N) is 1. The summed E-state index contributed by atoms with van der Waals surface area (Å²) >= 11 is 4.16. The molecule has 0 saturated heterocycles. The third kappa shape index (κ3) is 2.68. The number of rotatable bonds is 4. The van der Waals surface area contributed by atoms with Gasteiger partial charge in [0.1, 0.15) is 5.92 Å². The second-order valence-electron chi connectivity index (χ2n) is 3.65. The standard InChI is InChI=1S/C13H11NO2S2/c15-13(16)12(10-6-3-4-8-14-10)9-5-1-2-7-11(9)18-17/h1-8,12,17H,(H,15,16). The first-order chi connectivity index (χ1) is 8.74. The minimum Gasteiger partial charge on any atom is -0.480 e. The highest BCUT2D eigenvalue weighted by Gasteiger charge is 2.25. The summed E-state index contributed by atoms with van der Waals surface area (Å²) < 4.78 is 0. The second-order valence-corrected chi connectivity index (χ2v) is 4.83. The predicted molar refractivity (Wildman–Crippen MR) is 75.0 cm³/mol. The number of aromatic nitrogens is 1. The molecule has 1 aromatic carbocycles. The summed E-state index contributed by atoms with van der Waals surface area (Å²) in [6.07, 6.45) is 1.60. The fourth-order valence-electron chi connectivity index (χ4n) is 1.77. The van der Waals surface area contributed by atoms with Crippen molar-refractivity contribution >= 4 is 28.4 Å². The van der Waals surface area contributed by atoms with E-state index >= 15 is 0 Å². The average Bonchev–Trinajstić information content (AvgIpc) is 2.40. The molecule has 0 radical (unpaired) electrons. The molecule has 5 heteroatoms. The summed E-state index contributed by atoms with van der Waals surface area (Å²) in [4.78, 5) is 16.5. The highest BCUT2D eigenvalue weighted by atomic mass is 33.1. The van der Waals surface area contributed by atoms with Gasteiger partial charge >= 0.3 is 5.97 Å². The zero-order valence-corrected chi connectivity index (χ0v) is 11.1. The fourth-order valence-corrected chi connectivity index (χ4v) is 2.70. The number of benzene rings is 1. The van der Waals surface area contributed by atoms with Gasteiger partial charge in [-0.15, -0.1) is 11.7 Å². The van der Waals surface area contributed by atoms with E-state index in [0.29, 0.717) is 11.3 Å². The van der Waals surface area contributed by atoms with Gasteiger partial charge in [0.15, 0.2) is 0 Å². The number of hydrogen-bond donors (Lipinski definition) is 2. The second kappa shape index (κ2) is 5.93. The molecule has 92 valence electrons. The normalized spacial score (nSPS) is 12.1. The Morgan fingerprint density at radius 1 is 1.22 bits per heavy atom. The van der Waals surface area contributed by atoms with Crippen LogP contribution >= 0.6 is 22.5 Å². The summed E-state index contributed by atoms with van der Waals surface area (Å²) in [5, 5.41) is 9.43. The van der Waals surface area contributed by atoms with E-state index in [1.807, 2.05) is 18.2 Å². The zero-order chi connectivity index (χ0) is 13.0. The van der Waals surface area contributed by atoms with Crippen molar-refractivity contribution in [2.45, 2.75) is 10.8 Å². The molecule has 0 amide bonds. The highest BCUT2D eigenvalue weighted by Crippen LogP contribution is 2.33. The molecular formula is C13H11NO2S2. The first-order valence-corrected chi connectivity index (χ1v) is 7.15. The first-order valence-electron chi connectivity index (χ1n) is 5.28. The molecule has 0 fully saturated rings. The maximum Gasteiger partial charge on any atom is 0.317 e. The van der Waals surface area contributed by atoms with Gasteiger partial charge in [-0.1, -0.05) is 35.1 Å². The number of carbonyl (C=O) groups is 1. The number of thiol groups is 1. The minimum absolute atomic E-state index is 0.528. The van der Waals surface area contributed by atoms with Crippen LogP contribution in [0.15, 0.2) is 53.6 Å². The van der Waals surface area contributed by atoms with Crippen LogP contribution in [0.25, 0.3) is 0 Å². The van der Waals surface area contributed by atoms with Crippen LogP contribution in [0.2, 0.25) is 0 Å². The molecule has 0 bridgehead atoms. The topological polar surface area (TPSA) is 50.2 Å². The van der Waals surface area contributed by atoms with Crippen LogP contribution in [0.5, 0.6) is 0 Å². The number of hydrogen-bond acceptors (Lipinski definition) is 4. The van der Waals surface area contributed by atoms with Crippen molar-refractivity contribution in [1.82, 2.24) is 4.98 Å². The van der Waals surface area contributed by atoms with Crippen LogP contribution in [0.3, 0.4) is 0 Å². The van der Waals surface area contributed by atoms with Crippen molar-refractivity contribution in [3.63, 3.8) is 0 Å². The van der Waals surface area contributed by atoms with E-state index < -0.39 is 11.9 Å². The van der Waals surface area contributed by atoms with Gasteiger partial charge in [0, 0.05) is 11.1 Å². The number of pyridine rings is 1. The predicted octanol–water partition coefficient (Wildman–Crippen LogP) is 3.24. The summed E-state index contributed by atoms with van der Waals surface area (Å²) in [6.45, 7) is 0. The van der Waals surface area contributed by atoms with Crippen molar-refractivity contribution in [3.05, 3.63) is 59.9 Å². The van der Waals surface area contributed by atoms with Gasteiger partial charge in [-0.3, -0.25) is 9.78 Å².